The van der Waals surface area contributed by atoms with E-state index >= 15 is 0 Å². The van der Waals surface area contributed by atoms with Crippen LogP contribution in [0.2, 0.25) is 0 Å². The summed E-state index contributed by atoms with van der Waals surface area (Å²) in [6.45, 7) is 4.88. The zero-order valence-electron chi connectivity index (χ0n) is 9.26. The molecule has 0 aliphatic heterocycles. The number of amides is 2. The van der Waals surface area contributed by atoms with Crippen LogP contribution < -0.4 is 16.0 Å². The lowest BCUT2D eigenvalue weighted by molar-refractivity contribution is 0.203. The summed E-state index contributed by atoms with van der Waals surface area (Å²) >= 11 is 0. The van der Waals surface area contributed by atoms with Crippen LogP contribution in [0.3, 0.4) is 0 Å². The van der Waals surface area contributed by atoms with Gasteiger partial charge in [0.2, 0.25) is 0 Å². The van der Waals surface area contributed by atoms with Crippen molar-refractivity contribution in [2.75, 3.05) is 13.6 Å². The summed E-state index contributed by atoms with van der Waals surface area (Å²) < 4.78 is 0. The van der Waals surface area contributed by atoms with Crippen LogP contribution in [0, 0.1) is 5.92 Å². The standard InChI is InChI=1S/C10H21N3O/c1-7-4-5-9(7)13-10(14)12-6-8(2)11-3/h7-9,11H,4-6H2,1-3H3,(H2,12,13,14). The van der Waals surface area contributed by atoms with Gasteiger partial charge in [0.05, 0.1) is 0 Å². The second-order valence-corrected chi connectivity index (χ2v) is 4.21. The van der Waals surface area contributed by atoms with E-state index in [1.807, 2.05) is 14.0 Å². The van der Waals surface area contributed by atoms with E-state index in [0.29, 0.717) is 24.5 Å². The van der Waals surface area contributed by atoms with Crippen molar-refractivity contribution in [2.24, 2.45) is 5.92 Å². The lowest BCUT2D eigenvalue weighted by Gasteiger charge is -2.34. The van der Waals surface area contributed by atoms with E-state index in [0.717, 1.165) is 6.42 Å². The molecular weight excluding hydrogens is 178 g/mol. The fourth-order valence-electron chi connectivity index (χ4n) is 1.45. The van der Waals surface area contributed by atoms with Gasteiger partial charge in [-0.15, -0.1) is 0 Å². The molecule has 3 unspecified atom stereocenters. The Morgan fingerprint density at radius 1 is 1.50 bits per heavy atom. The highest BCUT2D eigenvalue weighted by molar-refractivity contribution is 5.74. The third-order valence-electron chi connectivity index (χ3n) is 3.00. The van der Waals surface area contributed by atoms with Crippen LogP contribution in [-0.2, 0) is 0 Å². The zero-order chi connectivity index (χ0) is 10.6. The van der Waals surface area contributed by atoms with Gasteiger partial charge >= 0.3 is 6.03 Å². The van der Waals surface area contributed by atoms with Crippen molar-refractivity contribution >= 4 is 6.03 Å². The average molecular weight is 199 g/mol. The molecule has 1 aliphatic carbocycles. The summed E-state index contributed by atoms with van der Waals surface area (Å²) in [5.41, 5.74) is 0. The lowest BCUT2D eigenvalue weighted by Crippen LogP contribution is -2.51. The molecule has 1 fully saturated rings. The van der Waals surface area contributed by atoms with Gasteiger partial charge in [-0.1, -0.05) is 6.92 Å². The molecular formula is C10H21N3O. The molecule has 14 heavy (non-hydrogen) atoms. The number of likely N-dealkylation sites (N-methyl/N-ethyl adjacent to an activating group) is 1. The van der Waals surface area contributed by atoms with Crippen molar-refractivity contribution < 1.29 is 4.79 Å². The van der Waals surface area contributed by atoms with E-state index < -0.39 is 0 Å². The van der Waals surface area contributed by atoms with Gasteiger partial charge in [0.25, 0.3) is 0 Å². The SMILES string of the molecule is CNC(C)CNC(=O)NC1CCC1C. The van der Waals surface area contributed by atoms with Crippen molar-refractivity contribution in [3.05, 3.63) is 0 Å². The van der Waals surface area contributed by atoms with Crippen LogP contribution in [0.25, 0.3) is 0 Å². The maximum atomic E-state index is 11.4. The van der Waals surface area contributed by atoms with Crippen LogP contribution in [0.15, 0.2) is 0 Å². The van der Waals surface area contributed by atoms with Gasteiger partial charge in [-0.3, -0.25) is 0 Å². The third kappa shape index (κ3) is 3.18. The molecule has 2 amide bonds. The Hall–Kier alpha value is -0.770. The Morgan fingerprint density at radius 3 is 2.64 bits per heavy atom. The van der Waals surface area contributed by atoms with Crippen molar-refractivity contribution in [1.29, 1.82) is 0 Å². The molecule has 0 saturated heterocycles. The molecule has 1 rings (SSSR count). The van der Waals surface area contributed by atoms with Crippen LogP contribution in [0.5, 0.6) is 0 Å². The molecule has 1 aliphatic rings. The number of hydrogen-bond acceptors (Lipinski definition) is 2. The van der Waals surface area contributed by atoms with Crippen LogP contribution in [0.4, 0.5) is 4.79 Å². The maximum Gasteiger partial charge on any atom is 0.315 e. The minimum Gasteiger partial charge on any atom is -0.337 e. The Labute approximate surface area is 85.8 Å². The van der Waals surface area contributed by atoms with Gasteiger partial charge in [-0.25, -0.2) is 4.79 Å². The number of rotatable bonds is 4. The molecule has 0 aromatic rings. The minimum absolute atomic E-state index is 0.0383. The first-order valence-corrected chi connectivity index (χ1v) is 5.35. The van der Waals surface area contributed by atoms with E-state index in [-0.39, 0.29) is 6.03 Å². The van der Waals surface area contributed by atoms with Gasteiger partial charge in [-0.05, 0) is 32.7 Å². The summed E-state index contributed by atoms with van der Waals surface area (Å²) in [7, 11) is 1.89. The number of urea groups is 1. The monoisotopic (exact) mass is 199 g/mol. The Bertz CT molecular complexity index is 196. The molecule has 0 radical (unpaired) electrons. The molecule has 3 atom stereocenters. The molecule has 82 valence electrons. The summed E-state index contributed by atoms with van der Waals surface area (Å²) in [6, 6.07) is 0.670. The normalized spacial score (nSPS) is 27.6. The van der Waals surface area contributed by atoms with E-state index in [1.165, 1.54) is 6.42 Å². The third-order valence-corrected chi connectivity index (χ3v) is 3.00. The van der Waals surface area contributed by atoms with Gasteiger partial charge in [0.15, 0.2) is 0 Å². The average Bonchev–Trinajstić information content (AvgIpc) is 2.20. The molecule has 0 aromatic heterocycles. The fourth-order valence-corrected chi connectivity index (χ4v) is 1.45. The maximum absolute atomic E-state index is 11.4. The number of carbonyl (C=O) groups is 1. The van der Waals surface area contributed by atoms with E-state index in [9.17, 15) is 4.79 Å². The van der Waals surface area contributed by atoms with Gasteiger partial charge in [-0.2, -0.15) is 0 Å². The molecule has 4 nitrogen and oxygen atoms in total. The molecule has 3 N–H and O–H groups in total. The summed E-state index contributed by atoms with van der Waals surface area (Å²) in [5, 5.41) is 8.88. The highest BCUT2D eigenvalue weighted by Crippen LogP contribution is 2.25. The fraction of sp³-hybridized carbons (Fsp3) is 0.900. The highest BCUT2D eigenvalue weighted by Gasteiger charge is 2.27. The second-order valence-electron chi connectivity index (χ2n) is 4.21. The van der Waals surface area contributed by atoms with E-state index in [1.54, 1.807) is 0 Å². The largest absolute Gasteiger partial charge is 0.337 e. The minimum atomic E-state index is -0.0383. The molecule has 0 bridgehead atoms. The number of hydrogen-bond donors (Lipinski definition) is 3. The van der Waals surface area contributed by atoms with Crippen molar-refractivity contribution in [2.45, 2.75) is 38.8 Å². The van der Waals surface area contributed by atoms with Crippen molar-refractivity contribution in [3.8, 4) is 0 Å². The summed E-state index contributed by atoms with van der Waals surface area (Å²) in [5.74, 6) is 0.641. The highest BCUT2D eigenvalue weighted by atomic mass is 16.2. The van der Waals surface area contributed by atoms with Crippen LogP contribution in [-0.4, -0.2) is 31.7 Å². The smallest absolute Gasteiger partial charge is 0.315 e. The molecule has 0 heterocycles. The van der Waals surface area contributed by atoms with Gasteiger partial charge in [0.1, 0.15) is 0 Å². The predicted molar refractivity (Wildman–Crippen MR) is 57.2 cm³/mol. The Morgan fingerprint density at radius 2 is 2.21 bits per heavy atom. The quantitative estimate of drug-likeness (QED) is 0.624. The Balaban J connectivity index is 2.10. The van der Waals surface area contributed by atoms with E-state index in [2.05, 4.69) is 22.9 Å². The van der Waals surface area contributed by atoms with Crippen LogP contribution >= 0.6 is 0 Å². The molecule has 0 aromatic carbocycles. The molecule has 4 heteroatoms. The van der Waals surface area contributed by atoms with Crippen molar-refractivity contribution in [1.82, 2.24) is 16.0 Å². The topological polar surface area (TPSA) is 53.2 Å². The van der Waals surface area contributed by atoms with Crippen molar-refractivity contribution in [3.63, 3.8) is 0 Å². The summed E-state index contributed by atoms with van der Waals surface area (Å²) in [6.07, 6.45) is 2.36. The lowest BCUT2D eigenvalue weighted by atomic mass is 9.81. The molecule has 0 spiro atoms. The van der Waals surface area contributed by atoms with Gasteiger partial charge < -0.3 is 16.0 Å². The van der Waals surface area contributed by atoms with E-state index in [4.69, 9.17) is 0 Å². The summed E-state index contributed by atoms with van der Waals surface area (Å²) in [4.78, 5) is 11.4. The number of nitrogens with one attached hydrogen (secondary N) is 3. The predicted octanol–water partition coefficient (Wildman–Crippen LogP) is 0.692. The second kappa shape index (κ2) is 5.20. The first-order chi connectivity index (χ1) is 6.63. The first-order valence-electron chi connectivity index (χ1n) is 5.35. The first kappa shape index (κ1) is 11.3. The number of carbonyl (C=O) groups excluding carboxylic acids is 1. The Kier molecular flexibility index (Phi) is 4.20. The zero-order valence-corrected chi connectivity index (χ0v) is 9.26. The molecule has 1 saturated carbocycles. The van der Waals surface area contributed by atoms with Gasteiger partial charge in [0, 0.05) is 18.6 Å². The van der Waals surface area contributed by atoms with Crippen LogP contribution in [0.1, 0.15) is 26.7 Å².